The van der Waals surface area contributed by atoms with Crippen LogP contribution in [-0.4, -0.2) is 52.0 Å². The number of ether oxygens (including phenoxy) is 2. The normalized spacial score (nSPS) is 18.5. The molecule has 0 saturated carbocycles. The SMILES string of the molecule is CCC1C(COc2ccc(Cl)cc2)=NN=C1SCC(=O)CSC1=NN=C(COc2ccc(Cl)cc2)C1CC. The molecule has 0 spiro atoms. The van der Waals surface area contributed by atoms with Crippen LogP contribution in [0, 0.1) is 11.8 Å². The van der Waals surface area contributed by atoms with E-state index in [1.54, 1.807) is 24.3 Å². The summed E-state index contributed by atoms with van der Waals surface area (Å²) in [6.07, 6.45) is 1.68. The minimum absolute atomic E-state index is 0.0630. The highest BCUT2D eigenvalue weighted by Crippen LogP contribution is 2.27. The standard InChI is InChI=1S/C27H28Cl2N4O3S2/c1-3-22-24(13-35-20-9-5-17(28)6-10-20)30-32-26(22)37-15-19(34)16-38-27-23(4-2)25(31-33-27)14-36-21-11-7-18(29)8-12-21/h5-12,22-23H,3-4,13-16H2,1-2H3. The van der Waals surface area contributed by atoms with Gasteiger partial charge in [0.2, 0.25) is 0 Å². The minimum atomic E-state index is 0.0630. The Morgan fingerprint density at radius 2 is 1.11 bits per heavy atom. The maximum atomic E-state index is 12.7. The van der Waals surface area contributed by atoms with Crippen molar-refractivity contribution < 1.29 is 14.3 Å². The topological polar surface area (TPSA) is 85.0 Å². The van der Waals surface area contributed by atoms with Crippen LogP contribution in [-0.2, 0) is 4.79 Å². The number of Topliss-reactive ketones (excluding diaryl/α,β-unsaturated/α-hetero) is 1. The van der Waals surface area contributed by atoms with Crippen LogP contribution in [0.2, 0.25) is 10.0 Å². The maximum Gasteiger partial charge on any atom is 0.153 e. The lowest BCUT2D eigenvalue weighted by molar-refractivity contribution is -0.114. The zero-order chi connectivity index (χ0) is 26.9. The number of hydrogen-bond acceptors (Lipinski definition) is 9. The molecule has 0 fully saturated rings. The number of hydrogen-bond donors (Lipinski definition) is 0. The lowest BCUT2D eigenvalue weighted by Crippen LogP contribution is -2.25. The molecule has 0 bridgehead atoms. The van der Waals surface area contributed by atoms with Crippen LogP contribution >= 0.6 is 46.7 Å². The van der Waals surface area contributed by atoms with Crippen molar-refractivity contribution in [2.45, 2.75) is 26.7 Å². The average molecular weight is 592 g/mol. The molecule has 2 aliphatic rings. The first-order valence-corrected chi connectivity index (χ1v) is 15.0. The summed E-state index contributed by atoms with van der Waals surface area (Å²) in [7, 11) is 0. The van der Waals surface area contributed by atoms with E-state index in [4.69, 9.17) is 32.7 Å². The van der Waals surface area contributed by atoms with E-state index in [1.807, 2.05) is 24.3 Å². The van der Waals surface area contributed by atoms with Gasteiger partial charge in [0.25, 0.3) is 0 Å². The molecule has 2 aromatic rings. The van der Waals surface area contributed by atoms with Crippen molar-refractivity contribution in [2.75, 3.05) is 24.7 Å². The summed E-state index contributed by atoms with van der Waals surface area (Å²) in [6.45, 7) is 4.86. The first-order chi connectivity index (χ1) is 18.5. The molecule has 2 aromatic carbocycles. The van der Waals surface area contributed by atoms with E-state index in [2.05, 4.69) is 34.3 Å². The fourth-order valence-electron chi connectivity index (χ4n) is 3.86. The molecule has 0 radical (unpaired) electrons. The molecule has 2 unspecified atom stereocenters. The molecule has 2 atom stereocenters. The lowest BCUT2D eigenvalue weighted by atomic mass is 10.0. The predicted octanol–water partition coefficient (Wildman–Crippen LogP) is 7.08. The van der Waals surface area contributed by atoms with E-state index < -0.39 is 0 Å². The zero-order valence-electron chi connectivity index (χ0n) is 21.1. The van der Waals surface area contributed by atoms with Crippen LogP contribution in [0.5, 0.6) is 11.5 Å². The van der Waals surface area contributed by atoms with E-state index in [0.29, 0.717) is 34.8 Å². The van der Waals surface area contributed by atoms with Crippen molar-refractivity contribution in [2.24, 2.45) is 32.2 Å². The van der Waals surface area contributed by atoms with Crippen LogP contribution < -0.4 is 9.47 Å². The molecule has 2 aliphatic heterocycles. The molecule has 38 heavy (non-hydrogen) atoms. The summed E-state index contributed by atoms with van der Waals surface area (Å²) in [5.41, 5.74) is 1.73. The second kappa shape index (κ2) is 14.2. The largest absolute Gasteiger partial charge is 0.488 e. The summed E-state index contributed by atoms with van der Waals surface area (Å²) in [4.78, 5) is 12.7. The Bertz CT molecular complexity index is 1150. The van der Waals surface area contributed by atoms with Crippen molar-refractivity contribution in [3.8, 4) is 11.5 Å². The fraction of sp³-hybridized carbons (Fsp3) is 0.370. The Morgan fingerprint density at radius 3 is 1.47 bits per heavy atom. The van der Waals surface area contributed by atoms with Gasteiger partial charge >= 0.3 is 0 Å². The van der Waals surface area contributed by atoms with E-state index >= 15 is 0 Å². The monoisotopic (exact) mass is 590 g/mol. The molecule has 2 heterocycles. The van der Waals surface area contributed by atoms with Gasteiger partial charge in [0.05, 0.1) is 34.8 Å². The number of rotatable bonds is 12. The summed E-state index contributed by atoms with van der Waals surface area (Å²) in [5.74, 6) is 2.36. The van der Waals surface area contributed by atoms with Gasteiger partial charge in [-0.15, -0.1) is 33.7 Å². The number of thioether (sulfide) groups is 2. The molecule has 0 aliphatic carbocycles. The van der Waals surface area contributed by atoms with Crippen LogP contribution in [0.15, 0.2) is 68.9 Å². The van der Waals surface area contributed by atoms with Gasteiger partial charge in [-0.3, -0.25) is 4.79 Å². The first-order valence-electron chi connectivity index (χ1n) is 12.3. The van der Waals surface area contributed by atoms with E-state index in [1.165, 1.54) is 23.5 Å². The van der Waals surface area contributed by atoms with E-state index in [-0.39, 0.29) is 17.6 Å². The van der Waals surface area contributed by atoms with Crippen molar-refractivity contribution >= 4 is 74.0 Å². The van der Waals surface area contributed by atoms with Gasteiger partial charge in [0, 0.05) is 10.0 Å². The van der Waals surface area contributed by atoms with Crippen molar-refractivity contribution in [3.05, 3.63) is 58.6 Å². The Kier molecular flexibility index (Phi) is 10.7. The number of ketones is 1. The molecule has 11 heteroatoms. The van der Waals surface area contributed by atoms with Gasteiger partial charge in [0.1, 0.15) is 34.8 Å². The number of carbonyl (C=O) groups is 1. The number of carbonyl (C=O) groups excluding carboxylic acids is 1. The smallest absolute Gasteiger partial charge is 0.153 e. The van der Waals surface area contributed by atoms with Gasteiger partial charge in [-0.05, 0) is 61.4 Å². The van der Waals surface area contributed by atoms with Crippen LogP contribution in [0.3, 0.4) is 0 Å². The third-order valence-electron chi connectivity index (χ3n) is 5.93. The molecule has 0 N–H and O–H groups in total. The van der Waals surface area contributed by atoms with Crippen LogP contribution in [0.25, 0.3) is 0 Å². The van der Waals surface area contributed by atoms with Crippen LogP contribution in [0.1, 0.15) is 26.7 Å². The summed E-state index contributed by atoms with van der Waals surface area (Å²) >= 11 is 14.8. The summed E-state index contributed by atoms with van der Waals surface area (Å²) in [6, 6.07) is 14.4. The second-order valence-electron chi connectivity index (χ2n) is 8.58. The summed E-state index contributed by atoms with van der Waals surface area (Å²) in [5, 5.41) is 20.4. The quantitative estimate of drug-likeness (QED) is 0.264. The number of nitrogens with zero attached hydrogens (tertiary/aromatic N) is 4. The van der Waals surface area contributed by atoms with Crippen molar-refractivity contribution in [3.63, 3.8) is 0 Å². The molecular weight excluding hydrogens is 563 g/mol. The Morgan fingerprint density at radius 1 is 0.711 bits per heavy atom. The van der Waals surface area contributed by atoms with E-state index in [9.17, 15) is 4.79 Å². The van der Waals surface area contributed by atoms with E-state index in [0.717, 1.165) is 45.9 Å². The molecular formula is C27H28Cl2N4O3S2. The number of halogens is 2. The minimum Gasteiger partial charge on any atom is -0.488 e. The second-order valence-corrected chi connectivity index (χ2v) is 11.4. The van der Waals surface area contributed by atoms with Gasteiger partial charge in [0.15, 0.2) is 5.78 Å². The maximum absolute atomic E-state index is 12.7. The highest BCUT2D eigenvalue weighted by molar-refractivity contribution is 8.15. The number of benzene rings is 2. The third-order valence-corrected chi connectivity index (χ3v) is 8.69. The molecule has 0 saturated heterocycles. The average Bonchev–Trinajstić information content (AvgIpc) is 3.52. The van der Waals surface area contributed by atoms with Crippen molar-refractivity contribution in [1.29, 1.82) is 0 Å². The highest BCUT2D eigenvalue weighted by Gasteiger charge is 2.29. The van der Waals surface area contributed by atoms with Gasteiger partial charge < -0.3 is 9.47 Å². The summed E-state index contributed by atoms with van der Waals surface area (Å²) < 4.78 is 11.7. The molecule has 200 valence electrons. The van der Waals surface area contributed by atoms with Crippen LogP contribution in [0.4, 0.5) is 0 Å². The Hall–Kier alpha value is -2.33. The molecule has 0 amide bonds. The Labute approximate surface area is 241 Å². The fourth-order valence-corrected chi connectivity index (χ4v) is 6.26. The molecule has 7 nitrogen and oxygen atoms in total. The third kappa shape index (κ3) is 7.85. The molecule has 4 rings (SSSR count). The molecule has 0 aromatic heterocycles. The van der Waals surface area contributed by atoms with Gasteiger partial charge in [-0.1, -0.05) is 37.0 Å². The van der Waals surface area contributed by atoms with Gasteiger partial charge in [-0.25, -0.2) is 0 Å². The zero-order valence-corrected chi connectivity index (χ0v) is 24.2. The highest BCUT2D eigenvalue weighted by atomic mass is 35.5. The first kappa shape index (κ1) is 28.7. The predicted molar refractivity (Wildman–Crippen MR) is 161 cm³/mol. The lowest BCUT2D eigenvalue weighted by Gasteiger charge is -2.14. The van der Waals surface area contributed by atoms with Gasteiger partial charge in [-0.2, -0.15) is 10.2 Å². The Balaban J connectivity index is 1.18. The van der Waals surface area contributed by atoms with Crippen molar-refractivity contribution in [1.82, 2.24) is 0 Å².